The molecule has 0 heterocycles. The van der Waals surface area contributed by atoms with Crippen LogP contribution in [-0.4, -0.2) is 5.11 Å². The van der Waals surface area contributed by atoms with Crippen LogP contribution in [0.15, 0.2) is 36.4 Å². The molecule has 0 aliphatic carbocycles. The zero-order valence-corrected chi connectivity index (χ0v) is 9.20. The average molecular weight is 253 g/mol. The summed E-state index contributed by atoms with van der Waals surface area (Å²) in [5.74, 6) is -2.26. The molecule has 1 unspecified atom stereocenters. The second-order valence-electron chi connectivity index (χ2n) is 3.84. The fourth-order valence-corrected chi connectivity index (χ4v) is 1.67. The maximum atomic E-state index is 13.5. The highest BCUT2D eigenvalue weighted by molar-refractivity contribution is 5.50. The van der Waals surface area contributed by atoms with E-state index in [9.17, 15) is 18.3 Å². The van der Waals surface area contributed by atoms with Crippen molar-refractivity contribution in [2.75, 3.05) is 5.73 Å². The van der Waals surface area contributed by atoms with Gasteiger partial charge in [0, 0.05) is 22.9 Å². The van der Waals surface area contributed by atoms with Crippen LogP contribution in [0.5, 0.6) is 0 Å². The summed E-state index contributed by atoms with van der Waals surface area (Å²) in [5, 5.41) is 9.96. The van der Waals surface area contributed by atoms with Crippen LogP contribution >= 0.6 is 0 Å². The topological polar surface area (TPSA) is 46.2 Å². The van der Waals surface area contributed by atoms with E-state index in [-0.39, 0.29) is 16.8 Å². The standard InChI is InChI=1S/C13H10F3NO/c14-7-2-4-12(17)10(5-7)13(18)9-3-1-8(15)6-11(9)16/h1-6,13,18H,17H2. The second kappa shape index (κ2) is 4.70. The van der Waals surface area contributed by atoms with Crippen LogP contribution in [0.25, 0.3) is 0 Å². The van der Waals surface area contributed by atoms with E-state index in [1.54, 1.807) is 0 Å². The van der Waals surface area contributed by atoms with E-state index in [0.717, 1.165) is 24.3 Å². The number of benzene rings is 2. The Hall–Kier alpha value is -2.01. The van der Waals surface area contributed by atoms with Gasteiger partial charge in [-0.1, -0.05) is 6.07 Å². The largest absolute Gasteiger partial charge is 0.398 e. The van der Waals surface area contributed by atoms with Crippen molar-refractivity contribution < 1.29 is 18.3 Å². The highest BCUT2D eigenvalue weighted by Crippen LogP contribution is 2.29. The van der Waals surface area contributed by atoms with Crippen LogP contribution in [0.2, 0.25) is 0 Å². The van der Waals surface area contributed by atoms with Crippen molar-refractivity contribution in [2.24, 2.45) is 0 Å². The predicted molar refractivity (Wildman–Crippen MR) is 61.2 cm³/mol. The Bertz CT molecular complexity index is 586. The zero-order chi connectivity index (χ0) is 13.3. The number of anilines is 1. The van der Waals surface area contributed by atoms with Gasteiger partial charge in [-0.2, -0.15) is 0 Å². The molecule has 0 bridgehead atoms. The maximum Gasteiger partial charge on any atom is 0.132 e. The number of hydrogen-bond acceptors (Lipinski definition) is 2. The minimum absolute atomic E-state index is 0.0421. The van der Waals surface area contributed by atoms with Crippen molar-refractivity contribution in [3.63, 3.8) is 0 Å². The summed E-state index contributed by atoms with van der Waals surface area (Å²) >= 11 is 0. The molecule has 5 heteroatoms. The molecule has 0 fully saturated rings. The zero-order valence-electron chi connectivity index (χ0n) is 9.20. The third-order valence-electron chi connectivity index (χ3n) is 2.60. The summed E-state index contributed by atoms with van der Waals surface area (Å²) < 4.78 is 39.3. The van der Waals surface area contributed by atoms with E-state index in [1.807, 2.05) is 0 Å². The summed E-state index contributed by atoms with van der Waals surface area (Å²) in [4.78, 5) is 0. The lowest BCUT2D eigenvalue weighted by Crippen LogP contribution is -2.06. The van der Waals surface area contributed by atoms with E-state index >= 15 is 0 Å². The van der Waals surface area contributed by atoms with E-state index in [1.165, 1.54) is 6.07 Å². The first-order valence-electron chi connectivity index (χ1n) is 5.17. The Balaban J connectivity index is 2.47. The lowest BCUT2D eigenvalue weighted by Gasteiger charge is -2.14. The quantitative estimate of drug-likeness (QED) is 0.808. The molecule has 2 nitrogen and oxygen atoms in total. The van der Waals surface area contributed by atoms with Crippen molar-refractivity contribution in [2.45, 2.75) is 6.10 Å². The van der Waals surface area contributed by atoms with Gasteiger partial charge in [0.2, 0.25) is 0 Å². The summed E-state index contributed by atoms with van der Waals surface area (Å²) in [6, 6.07) is 6.18. The second-order valence-corrected chi connectivity index (χ2v) is 3.84. The predicted octanol–water partition coefficient (Wildman–Crippen LogP) is 2.77. The molecule has 0 amide bonds. The van der Waals surface area contributed by atoms with Gasteiger partial charge < -0.3 is 10.8 Å². The molecule has 0 radical (unpaired) electrons. The number of hydrogen-bond donors (Lipinski definition) is 2. The Morgan fingerprint density at radius 1 is 0.889 bits per heavy atom. The van der Waals surface area contributed by atoms with Gasteiger partial charge in [-0.05, 0) is 24.3 Å². The summed E-state index contributed by atoms with van der Waals surface area (Å²) in [6.45, 7) is 0. The van der Waals surface area contributed by atoms with Gasteiger partial charge in [0.1, 0.15) is 23.6 Å². The Labute approximate surface area is 101 Å². The lowest BCUT2D eigenvalue weighted by atomic mass is 9.99. The van der Waals surface area contributed by atoms with Crippen molar-refractivity contribution in [3.05, 3.63) is 65.0 Å². The molecule has 94 valence electrons. The van der Waals surface area contributed by atoms with Crippen LogP contribution in [0.4, 0.5) is 18.9 Å². The van der Waals surface area contributed by atoms with Crippen molar-refractivity contribution in [3.8, 4) is 0 Å². The molecule has 2 aromatic carbocycles. The highest BCUT2D eigenvalue weighted by Gasteiger charge is 2.18. The first-order valence-corrected chi connectivity index (χ1v) is 5.17. The fourth-order valence-electron chi connectivity index (χ4n) is 1.67. The Morgan fingerprint density at radius 3 is 2.17 bits per heavy atom. The van der Waals surface area contributed by atoms with Crippen LogP contribution in [0, 0.1) is 17.5 Å². The molecule has 2 aromatic rings. The molecule has 0 aromatic heterocycles. The minimum Gasteiger partial charge on any atom is -0.398 e. The number of aliphatic hydroxyl groups is 1. The van der Waals surface area contributed by atoms with Gasteiger partial charge in [-0.3, -0.25) is 0 Å². The molecule has 0 saturated heterocycles. The molecular formula is C13H10F3NO. The van der Waals surface area contributed by atoms with E-state index < -0.39 is 23.6 Å². The summed E-state index contributed by atoms with van der Waals surface area (Å²) in [7, 11) is 0. The van der Waals surface area contributed by atoms with Gasteiger partial charge >= 0.3 is 0 Å². The van der Waals surface area contributed by atoms with E-state index in [0.29, 0.717) is 6.07 Å². The minimum atomic E-state index is -1.44. The van der Waals surface area contributed by atoms with Crippen LogP contribution in [0.3, 0.4) is 0 Å². The molecule has 2 rings (SSSR count). The van der Waals surface area contributed by atoms with Crippen LogP contribution in [-0.2, 0) is 0 Å². The third kappa shape index (κ3) is 2.31. The number of rotatable bonds is 2. The van der Waals surface area contributed by atoms with E-state index in [4.69, 9.17) is 5.73 Å². The van der Waals surface area contributed by atoms with Gasteiger partial charge in [-0.25, -0.2) is 13.2 Å². The molecule has 0 spiro atoms. The SMILES string of the molecule is Nc1ccc(F)cc1C(O)c1ccc(F)cc1F. The summed E-state index contributed by atoms with van der Waals surface area (Å²) in [6.07, 6.45) is -1.44. The van der Waals surface area contributed by atoms with Gasteiger partial charge in [0.05, 0.1) is 0 Å². The highest BCUT2D eigenvalue weighted by atomic mass is 19.1. The maximum absolute atomic E-state index is 13.5. The average Bonchev–Trinajstić information content (AvgIpc) is 2.31. The van der Waals surface area contributed by atoms with Crippen molar-refractivity contribution in [1.29, 1.82) is 0 Å². The summed E-state index contributed by atoms with van der Waals surface area (Å²) in [5.41, 5.74) is 5.60. The Kier molecular flexibility index (Phi) is 3.25. The number of nitrogens with two attached hydrogens (primary N) is 1. The first-order chi connectivity index (χ1) is 8.49. The van der Waals surface area contributed by atoms with Crippen LogP contribution < -0.4 is 5.73 Å². The smallest absolute Gasteiger partial charge is 0.132 e. The van der Waals surface area contributed by atoms with Crippen molar-refractivity contribution in [1.82, 2.24) is 0 Å². The lowest BCUT2D eigenvalue weighted by molar-refractivity contribution is 0.215. The monoisotopic (exact) mass is 253 g/mol. The first kappa shape index (κ1) is 12.4. The fraction of sp³-hybridized carbons (Fsp3) is 0.0769. The molecule has 3 N–H and O–H groups in total. The normalized spacial score (nSPS) is 12.4. The van der Waals surface area contributed by atoms with E-state index in [2.05, 4.69) is 0 Å². The molecular weight excluding hydrogens is 243 g/mol. The molecule has 0 saturated carbocycles. The Morgan fingerprint density at radius 2 is 1.50 bits per heavy atom. The molecule has 0 aliphatic rings. The third-order valence-corrected chi connectivity index (χ3v) is 2.60. The van der Waals surface area contributed by atoms with Gasteiger partial charge in [-0.15, -0.1) is 0 Å². The van der Waals surface area contributed by atoms with Gasteiger partial charge in [0.25, 0.3) is 0 Å². The molecule has 1 atom stereocenters. The molecule has 0 aliphatic heterocycles. The number of halogens is 3. The number of aliphatic hydroxyl groups excluding tert-OH is 1. The van der Waals surface area contributed by atoms with Crippen LogP contribution in [0.1, 0.15) is 17.2 Å². The van der Waals surface area contributed by atoms with Crippen molar-refractivity contribution >= 4 is 5.69 Å². The number of nitrogen functional groups attached to an aromatic ring is 1. The van der Waals surface area contributed by atoms with Gasteiger partial charge in [0.15, 0.2) is 0 Å². The molecule has 18 heavy (non-hydrogen) atoms.